The van der Waals surface area contributed by atoms with Crippen molar-refractivity contribution in [2.24, 2.45) is 0 Å². The van der Waals surface area contributed by atoms with E-state index in [0.717, 1.165) is 27.8 Å². The Balaban J connectivity index is 1.06. The van der Waals surface area contributed by atoms with Gasteiger partial charge in [-0.25, -0.2) is 15.0 Å². The third kappa shape index (κ3) is 5.30. The number of rotatable bonds is 6. The Morgan fingerprint density at radius 3 is 1.67 bits per heavy atom. The average molecular weight is 821 g/mol. The molecule has 3 heterocycles. The number of thiophene rings is 1. The minimum Gasteiger partial charge on any atom is -0.309 e. The average Bonchev–Trinajstić information content (AvgIpc) is 4.01. The molecule has 13 rings (SSSR count). The van der Waals surface area contributed by atoms with Gasteiger partial charge in [-0.1, -0.05) is 182 Å². The molecule has 3 aromatic heterocycles. The van der Waals surface area contributed by atoms with E-state index in [1.54, 1.807) is 0 Å². The van der Waals surface area contributed by atoms with Crippen LogP contribution in [0.25, 0.3) is 93.0 Å². The van der Waals surface area contributed by atoms with Crippen LogP contribution in [-0.2, 0) is 5.41 Å². The fourth-order valence-corrected chi connectivity index (χ4v) is 11.5. The van der Waals surface area contributed by atoms with E-state index in [1.165, 1.54) is 70.0 Å². The third-order valence-corrected chi connectivity index (χ3v) is 14.1. The maximum Gasteiger partial charge on any atom is 0.164 e. The molecule has 0 saturated heterocycles. The van der Waals surface area contributed by atoms with Crippen LogP contribution >= 0.6 is 11.3 Å². The van der Waals surface area contributed by atoms with Gasteiger partial charge in [0.2, 0.25) is 0 Å². The molecule has 0 amide bonds. The first-order chi connectivity index (χ1) is 31.3. The summed E-state index contributed by atoms with van der Waals surface area (Å²) < 4.78 is 4.87. The largest absolute Gasteiger partial charge is 0.309 e. The molecule has 0 unspecified atom stereocenters. The lowest BCUT2D eigenvalue weighted by Crippen LogP contribution is -2.28. The third-order valence-electron chi connectivity index (χ3n) is 12.9. The Labute approximate surface area is 368 Å². The molecule has 0 radical (unpaired) electrons. The van der Waals surface area contributed by atoms with Gasteiger partial charge in [-0.2, -0.15) is 0 Å². The van der Waals surface area contributed by atoms with Crippen LogP contribution in [0.4, 0.5) is 0 Å². The summed E-state index contributed by atoms with van der Waals surface area (Å²) in [6.07, 6.45) is 0. The Morgan fingerprint density at radius 1 is 0.381 bits per heavy atom. The minimum absolute atomic E-state index is 0.480. The van der Waals surface area contributed by atoms with Crippen LogP contribution in [0.2, 0.25) is 0 Å². The fourth-order valence-electron chi connectivity index (χ4n) is 10.3. The van der Waals surface area contributed by atoms with Gasteiger partial charge < -0.3 is 4.57 Å². The summed E-state index contributed by atoms with van der Waals surface area (Å²) in [6.45, 7) is 0. The van der Waals surface area contributed by atoms with Crippen molar-refractivity contribution in [3.8, 4) is 51.0 Å². The predicted molar refractivity (Wildman–Crippen MR) is 261 cm³/mol. The summed E-state index contributed by atoms with van der Waals surface area (Å²) in [5, 5.41) is 4.83. The highest BCUT2D eigenvalue weighted by atomic mass is 32.1. The SMILES string of the molecule is c1ccc(-c2nc(-c3ccccc3)nc(-c3cccc4sc5ccc(-n6c7ccccc7c7c8c(ccc76)C(c6ccccc6)(c6ccccc6)c6ccccc6-8)cc5c34)n2)cc1. The van der Waals surface area contributed by atoms with Gasteiger partial charge >= 0.3 is 0 Å². The van der Waals surface area contributed by atoms with Crippen LogP contribution in [0.15, 0.2) is 218 Å². The van der Waals surface area contributed by atoms with Gasteiger partial charge in [0.1, 0.15) is 0 Å². The summed E-state index contributed by atoms with van der Waals surface area (Å²) in [5.74, 6) is 1.96. The molecular formula is C58H36N4S. The Hall–Kier alpha value is -7.99. The molecule has 9 aromatic carbocycles. The zero-order valence-electron chi connectivity index (χ0n) is 34.0. The summed E-state index contributed by atoms with van der Waals surface area (Å²) >= 11 is 1.81. The van der Waals surface area contributed by atoms with Gasteiger partial charge in [0.25, 0.3) is 0 Å². The molecule has 12 aromatic rings. The highest BCUT2D eigenvalue weighted by Gasteiger charge is 2.47. The van der Waals surface area contributed by atoms with E-state index in [9.17, 15) is 0 Å². The van der Waals surface area contributed by atoms with Gasteiger partial charge in [-0.05, 0) is 69.8 Å². The molecule has 0 fully saturated rings. The molecule has 0 N–H and O–H groups in total. The topological polar surface area (TPSA) is 43.6 Å². The molecule has 1 aliphatic carbocycles. The van der Waals surface area contributed by atoms with Crippen LogP contribution in [0.3, 0.4) is 0 Å². The van der Waals surface area contributed by atoms with Gasteiger partial charge in [-0.15, -0.1) is 11.3 Å². The number of hydrogen-bond acceptors (Lipinski definition) is 4. The van der Waals surface area contributed by atoms with Gasteiger partial charge in [0.05, 0.1) is 16.4 Å². The quantitative estimate of drug-likeness (QED) is 0.168. The van der Waals surface area contributed by atoms with Crippen molar-refractivity contribution < 1.29 is 0 Å². The normalized spacial score (nSPS) is 12.9. The second-order valence-corrected chi connectivity index (χ2v) is 17.3. The molecule has 0 aliphatic heterocycles. The van der Waals surface area contributed by atoms with E-state index in [2.05, 4.69) is 187 Å². The molecule has 1 aliphatic rings. The van der Waals surface area contributed by atoms with Crippen LogP contribution in [-0.4, -0.2) is 19.5 Å². The fraction of sp³-hybridized carbons (Fsp3) is 0.0172. The standard InChI is InChI=1S/C58H36N4S/c1-5-18-37(19-6-1)55-59-56(38-20-7-2-8-21-38)61-57(60-55)44-28-17-31-51-52(44)45-36-41(32-35-50(45)63-51)62-48-30-16-14-27-43(48)54-49(62)34-33-47-53(54)42-26-13-15-29-46(42)58(47,39-22-9-3-10-23-39)40-24-11-4-12-25-40/h1-36H. The second kappa shape index (κ2) is 14.0. The van der Waals surface area contributed by atoms with E-state index in [-0.39, 0.29) is 0 Å². The monoisotopic (exact) mass is 820 g/mol. The lowest BCUT2D eigenvalue weighted by Gasteiger charge is -2.33. The van der Waals surface area contributed by atoms with E-state index in [4.69, 9.17) is 15.0 Å². The van der Waals surface area contributed by atoms with Crippen molar-refractivity contribution in [2.45, 2.75) is 5.41 Å². The van der Waals surface area contributed by atoms with Gasteiger partial charge in [-0.3, -0.25) is 0 Å². The van der Waals surface area contributed by atoms with E-state index < -0.39 is 5.41 Å². The van der Waals surface area contributed by atoms with Crippen molar-refractivity contribution in [1.29, 1.82) is 0 Å². The number of nitrogens with zero attached hydrogens (tertiary/aromatic N) is 4. The van der Waals surface area contributed by atoms with E-state index in [1.807, 2.05) is 47.7 Å². The van der Waals surface area contributed by atoms with Gasteiger partial charge in [0.15, 0.2) is 17.5 Å². The number of aromatic nitrogens is 4. The molecule has 294 valence electrons. The van der Waals surface area contributed by atoms with Crippen LogP contribution in [0.5, 0.6) is 0 Å². The van der Waals surface area contributed by atoms with E-state index >= 15 is 0 Å². The maximum atomic E-state index is 5.17. The Morgan fingerprint density at radius 2 is 0.968 bits per heavy atom. The Bertz CT molecular complexity index is 3630. The zero-order chi connectivity index (χ0) is 41.5. The number of hydrogen-bond donors (Lipinski definition) is 0. The molecule has 0 spiro atoms. The van der Waals surface area contributed by atoms with Crippen LogP contribution in [0.1, 0.15) is 22.3 Å². The number of benzene rings is 9. The molecule has 5 heteroatoms. The summed E-state index contributed by atoms with van der Waals surface area (Å²) in [4.78, 5) is 15.3. The van der Waals surface area contributed by atoms with Crippen molar-refractivity contribution >= 4 is 53.3 Å². The lowest BCUT2D eigenvalue weighted by atomic mass is 9.67. The summed E-state index contributed by atoms with van der Waals surface area (Å²) in [5.41, 5.74) is 13.6. The number of fused-ring (bicyclic) bond motifs is 10. The molecule has 0 bridgehead atoms. The Kier molecular flexibility index (Phi) is 7.96. The molecule has 63 heavy (non-hydrogen) atoms. The minimum atomic E-state index is -0.480. The smallest absolute Gasteiger partial charge is 0.164 e. The van der Waals surface area contributed by atoms with Crippen LogP contribution < -0.4 is 0 Å². The summed E-state index contributed by atoms with van der Waals surface area (Å²) in [6, 6.07) is 78.7. The molecule has 0 saturated carbocycles. The molecule has 0 atom stereocenters. The van der Waals surface area contributed by atoms with E-state index in [0.29, 0.717) is 17.5 Å². The van der Waals surface area contributed by atoms with Crippen molar-refractivity contribution in [1.82, 2.24) is 19.5 Å². The van der Waals surface area contributed by atoms with Crippen molar-refractivity contribution in [2.75, 3.05) is 0 Å². The second-order valence-electron chi connectivity index (χ2n) is 16.3. The van der Waals surface area contributed by atoms with Crippen LogP contribution in [0, 0.1) is 0 Å². The first kappa shape index (κ1) is 35.7. The predicted octanol–water partition coefficient (Wildman–Crippen LogP) is 14.7. The first-order valence-electron chi connectivity index (χ1n) is 21.4. The highest BCUT2D eigenvalue weighted by Crippen LogP contribution is 2.59. The van der Waals surface area contributed by atoms with Crippen molar-refractivity contribution in [3.63, 3.8) is 0 Å². The maximum absolute atomic E-state index is 5.17. The summed E-state index contributed by atoms with van der Waals surface area (Å²) in [7, 11) is 0. The molecule has 4 nitrogen and oxygen atoms in total. The van der Waals surface area contributed by atoms with Crippen molar-refractivity contribution in [3.05, 3.63) is 241 Å². The zero-order valence-corrected chi connectivity index (χ0v) is 34.8. The molecular weight excluding hydrogens is 785 g/mol. The number of para-hydroxylation sites is 1. The first-order valence-corrected chi connectivity index (χ1v) is 22.2. The highest BCUT2D eigenvalue weighted by molar-refractivity contribution is 7.26. The lowest BCUT2D eigenvalue weighted by molar-refractivity contribution is 0.769. The van der Waals surface area contributed by atoms with Gasteiger partial charge in [0, 0.05) is 53.3 Å².